The van der Waals surface area contributed by atoms with Gasteiger partial charge in [-0.3, -0.25) is 4.57 Å². The van der Waals surface area contributed by atoms with Gasteiger partial charge in [-0.05, 0) is 49.6 Å². The van der Waals surface area contributed by atoms with Gasteiger partial charge in [-0.2, -0.15) is 0 Å². The lowest BCUT2D eigenvalue weighted by molar-refractivity contribution is 0.622. The predicted molar refractivity (Wildman–Crippen MR) is 115 cm³/mol. The summed E-state index contributed by atoms with van der Waals surface area (Å²) in [5, 5.41) is 11.0. The largest absolute Gasteiger partial charge is 0.299 e. The Morgan fingerprint density at radius 3 is 2.76 bits per heavy atom. The Hall–Kier alpha value is -2.44. The highest BCUT2D eigenvalue weighted by Crippen LogP contribution is 2.42. The number of halogens is 2. The third-order valence-corrected chi connectivity index (χ3v) is 6.37. The van der Waals surface area contributed by atoms with Crippen LogP contribution in [-0.2, 0) is 5.75 Å². The average molecular weight is 425 g/mol. The minimum Gasteiger partial charge on any atom is -0.299 e. The van der Waals surface area contributed by atoms with Gasteiger partial charge in [0, 0.05) is 22.7 Å². The molecule has 2 aromatic carbocycles. The number of hydrogen-bond acceptors (Lipinski definition) is 4. The van der Waals surface area contributed by atoms with Gasteiger partial charge in [0.05, 0.1) is 11.1 Å². The van der Waals surface area contributed by atoms with Crippen molar-refractivity contribution in [2.45, 2.75) is 36.7 Å². The molecular formula is C22H18ClFN4S. The second-order valence-electron chi connectivity index (χ2n) is 7.31. The standard InChI is InChI=1S/C22H18ClFN4S/c1-13-6-7-14-11-15(20(23)25-19(14)10-13)12-29-22-27-26-21(28(22)16-8-9-16)17-4-2-3-5-18(17)24/h2-7,10-11,16H,8-9,12H2,1H3. The molecule has 0 aliphatic heterocycles. The Morgan fingerprint density at radius 2 is 1.97 bits per heavy atom. The highest BCUT2D eigenvalue weighted by Gasteiger charge is 2.31. The van der Waals surface area contributed by atoms with Crippen molar-refractivity contribution in [3.05, 3.63) is 70.6 Å². The van der Waals surface area contributed by atoms with Crippen molar-refractivity contribution < 1.29 is 4.39 Å². The number of aromatic nitrogens is 4. The molecule has 1 saturated carbocycles. The number of aryl methyl sites for hydroxylation is 1. The molecule has 7 heteroatoms. The van der Waals surface area contributed by atoms with Crippen molar-refractivity contribution in [2.24, 2.45) is 0 Å². The molecular weight excluding hydrogens is 407 g/mol. The molecule has 0 amide bonds. The highest BCUT2D eigenvalue weighted by molar-refractivity contribution is 7.98. The summed E-state index contributed by atoms with van der Waals surface area (Å²) in [5.74, 6) is 0.930. The number of thioether (sulfide) groups is 1. The first-order chi connectivity index (χ1) is 14.1. The molecule has 0 radical (unpaired) electrons. The fourth-order valence-electron chi connectivity index (χ4n) is 3.40. The molecule has 1 aliphatic rings. The maximum Gasteiger partial charge on any atom is 0.192 e. The maximum absolute atomic E-state index is 14.3. The van der Waals surface area contributed by atoms with Crippen LogP contribution in [0.5, 0.6) is 0 Å². The summed E-state index contributed by atoms with van der Waals surface area (Å²) >= 11 is 8.00. The van der Waals surface area contributed by atoms with Gasteiger partial charge >= 0.3 is 0 Å². The van der Waals surface area contributed by atoms with Gasteiger partial charge in [-0.25, -0.2) is 9.37 Å². The predicted octanol–water partition coefficient (Wildman–Crippen LogP) is 6.22. The second kappa shape index (κ2) is 7.43. The second-order valence-corrected chi connectivity index (χ2v) is 8.61. The van der Waals surface area contributed by atoms with Gasteiger partial charge in [-0.15, -0.1) is 10.2 Å². The van der Waals surface area contributed by atoms with Crippen molar-refractivity contribution >= 4 is 34.3 Å². The summed E-state index contributed by atoms with van der Waals surface area (Å²) in [7, 11) is 0. The lowest BCUT2D eigenvalue weighted by Gasteiger charge is -2.10. The molecule has 0 N–H and O–H groups in total. The molecule has 0 unspecified atom stereocenters. The van der Waals surface area contributed by atoms with Crippen LogP contribution in [0.25, 0.3) is 22.3 Å². The van der Waals surface area contributed by atoms with Gasteiger partial charge < -0.3 is 0 Å². The Morgan fingerprint density at radius 1 is 1.14 bits per heavy atom. The Bertz CT molecular complexity index is 1220. The van der Waals surface area contributed by atoms with E-state index < -0.39 is 0 Å². The number of hydrogen-bond donors (Lipinski definition) is 0. The van der Waals surface area contributed by atoms with Crippen LogP contribution in [0.15, 0.2) is 53.7 Å². The molecule has 1 fully saturated rings. The number of benzene rings is 2. The lowest BCUT2D eigenvalue weighted by Crippen LogP contribution is -2.01. The maximum atomic E-state index is 14.3. The van der Waals surface area contributed by atoms with Crippen LogP contribution < -0.4 is 0 Å². The smallest absolute Gasteiger partial charge is 0.192 e. The van der Waals surface area contributed by atoms with E-state index in [0.717, 1.165) is 40.0 Å². The molecule has 146 valence electrons. The normalized spacial score (nSPS) is 13.9. The molecule has 4 nitrogen and oxygen atoms in total. The number of fused-ring (bicyclic) bond motifs is 1. The molecule has 2 aromatic heterocycles. The summed E-state index contributed by atoms with van der Waals surface area (Å²) in [4.78, 5) is 4.54. The summed E-state index contributed by atoms with van der Waals surface area (Å²) in [6.45, 7) is 2.04. The molecule has 4 aromatic rings. The third kappa shape index (κ3) is 3.63. The van der Waals surface area contributed by atoms with Crippen LogP contribution in [0.2, 0.25) is 5.15 Å². The molecule has 1 aliphatic carbocycles. The number of pyridine rings is 1. The van der Waals surface area contributed by atoms with Gasteiger partial charge in [0.1, 0.15) is 11.0 Å². The number of rotatable bonds is 5. The first kappa shape index (κ1) is 18.6. The average Bonchev–Trinajstić information content (AvgIpc) is 3.46. The van der Waals surface area contributed by atoms with Gasteiger partial charge in [0.15, 0.2) is 11.0 Å². The minimum atomic E-state index is -0.282. The van der Waals surface area contributed by atoms with Crippen molar-refractivity contribution in [3.63, 3.8) is 0 Å². The quantitative estimate of drug-likeness (QED) is 0.281. The topological polar surface area (TPSA) is 43.6 Å². The molecule has 0 bridgehead atoms. The first-order valence-corrected chi connectivity index (χ1v) is 10.8. The van der Waals surface area contributed by atoms with E-state index in [-0.39, 0.29) is 5.82 Å². The summed E-state index contributed by atoms with van der Waals surface area (Å²) < 4.78 is 16.4. The molecule has 2 heterocycles. The van der Waals surface area contributed by atoms with E-state index in [1.165, 1.54) is 6.07 Å². The number of nitrogens with zero attached hydrogens (tertiary/aromatic N) is 4. The van der Waals surface area contributed by atoms with E-state index in [2.05, 4.69) is 37.9 Å². The Balaban J connectivity index is 1.46. The zero-order valence-electron chi connectivity index (χ0n) is 15.8. The molecule has 0 atom stereocenters. The van der Waals surface area contributed by atoms with E-state index >= 15 is 0 Å². The minimum absolute atomic E-state index is 0.282. The van der Waals surface area contributed by atoms with Crippen LogP contribution in [0.1, 0.15) is 30.0 Å². The third-order valence-electron chi connectivity index (χ3n) is 5.05. The van der Waals surface area contributed by atoms with Crippen LogP contribution in [-0.4, -0.2) is 19.7 Å². The van der Waals surface area contributed by atoms with Crippen LogP contribution >= 0.6 is 23.4 Å². The van der Waals surface area contributed by atoms with Crippen LogP contribution in [0, 0.1) is 12.7 Å². The van der Waals surface area contributed by atoms with Crippen LogP contribution in [0.3, 0.4) is 0 Å². The van der Waals surface area contributed by atoms with E-state index in [1.807, 2.05) is 19.1 Å². The Labute approximate surface area is 177 Å². The van der Waals surface area contributed by atoms with Crippen molar-refractivity contribution in [1.82, 2.24) is 19.7 Å². The fraction of sp³-hybridized carbons (Fsp3) is 0.227. The van der Waals surface area contributed by atoms with Crippen molar-refractivity contribution in [3.8, 4) is 11.4 Å². The monoisotopic (exact) mass is 424 g/mol. The lowest BCUT2D eigenvalue weighted by atomic mass is 10.1. The zero-order valence-corrected chi connectivity index (χ0v) is 17.3. The van der Waals surface area contributed by atoms with Gasteiger partial charge in [-0.1, -0.05) is 47.6 Å². The van der Waals surface area contributed by atoms with Crippen molar-refractivity contribution in [1.29, 1.82) is 0 Å². The van der Waals surface area contributed by atoms with Crippen LogP contribution in [0.4, 0.5) is 4.39 Å². The summed E-state index contributed by atoms with van der Waals surface area (Å²) in [6.07, 6.45) is 2.12. The van der Waals surface area contributed by atoms with E-state index in [0.29, 0.717) is 28.3 Å². The Kier molecular flexibility index (Phi) is 4.76. The zero-order chi connectivity index (χ0) is 20.0. The SMILES string of the molecule is Cc1ccc2cc(CSc3nnc(-c4ccccc4F)n3C3CC3)c(Cl)nc2c1. The highest BCUT2D eigenvalue weighted by atomic mass is 35.5. The van der Waals surface area contributed by atoms with E-state index in [9.17, 15) is 4.39 Å². The molecule has 29 heavy (non-hydrogen) atoms. The fourth-order valence-corrected chi connectivity index (χ4v) is 4.67. The van der Waals surface area contributed by atoms with Gasteiger partial charge in [0.2, 0.25) is 0 Å². The summed E-state index contributed by atoms with van der Waals surface area (Å²) in [6, 6.07) is 15.3. The summed E-state index contributed by atoms with van der Waals surface area (Å²) in [5.41, 5.74) is 3.48. The molecule has 0 spiro atoms. The van der Waals surface area contributed by atoms with E-state index in [1.54, 1.807) is 23.9 Å². The molecule has 0 saturated heterocycles. The van der Waals surface area contributed by atoms with Gasteiger partial charge in [0.25, 0.3) is 0 Å². The first-order valence-electron chi connectivity index (χ1n) is 9.48. The molecule has 5 rings (SSSR count). The van der Waals surface area contributed by atoms with Crippen molar-refractivity contribution in [2.75, 3.05) is 0 Å². The van der Waals surface area contributed by atoms with E-state index in [4.69, 9.17) is 11.6 Å².